The van der Waals surface area contributed by atoms with Crippen molar-refractivity contribution in [3.05, 3.63) is 12.5 Å². The fourth-order valence-electron chi connectivity index (χ4n) is 2.52. The monoisotopic (exact) mass is 352 g/mol. The van der Waals surface area contributed by atoms with E-state index in [9.17, 15) is 8.42 Å². The molecule has 128 valence electrons. The summed E-state index contributed by atoms with van der Waals surface area (Å²) in [6.07, 6.45) is 5.01. The van der Waals surface area contributed by atoms with Gasteiger partial charge in [-0.25, -0.2) is 18.1 Å². The molecule has 2 heterocycles. The molecule has 1 aromatic rings. The van der Waals surface area contributed by atoms with Gasteiger partial charge in [-0.05, 0) is 33.2 Å². The first kappa shape index (κ1) is 19.4. The Balaban J connectivity index is 0.00000242. The van der Waals surface area contributed by atoms with Gasteiger partial charge < -0.3 is 14.6 Å². The second-order valence-electron chi connectivity index (χ2n) is 5.82. The van der Waals surface area contributed by atoms with Gasteiger partial charge in [-0.15, -0.1) is 12.4 Å². The van der Waals surface area contributed by atoms with E-state index < -0.39 is 10.0 Å². The Kier molecular flexibility index (Phi) is 6.82. The third kappa shape index (κ3) is 4.42. The molecule has 0 aromatic carbocycles. The number of nitrogens with one attached hydrogen (secondary N) is 2. The maximum atomic E-state index is 12.3. The van der Waals surface area contributed by atoms with Crippen LogP contribution in [0.5, 0.6) is 0 Å². The fourth-order valence-corrected chi connectivity index (χ4v) is 3.58. The Morgan fingerprint density at radius 2 is 2.27 bits per heavy atom. The molecule has 1 unspecified atom stereocenters. The van der Waals surface area contributed by atoms with E-state index in [1.54, 1.807) is 17.9 Å². The van der Waals surface area contributed by atoms with Gasteiger partial charge in [0.15, 0.2) is 5.03 Å². The molecule has 1 aliphatic rings. The van der Waals surface area contributed by atoms with Crippen molar-refractivity contribution in [1.29, 1.82) is 0 Å². The summed E-state index contributed by atoms with van der Waals surface area (Å²) in [5.41, 5.74) is -0.317. The second kappa shape index (κ2) is 7.74. The topological polar surface area (TPSA) is 85.2 Å². The minimum atomic E-state index is -3.59. The summed E-state index contributed by atoms with van der Waals surface area (Å²) in [6.45, 7) is 5.61. The van der Waals surface area contributed by atoms with Crippen LogP contribution in [0.1, 0.15) is 32.7 Å². The number of aromatic nitrogens is 2. The number of halogens is 1. The summed E-state index contributed by atoms with van der Waals surface area (Å²) < 4.78 is 34.3. The van der Waals surface area contributed by atoms with Crippen LogP contribution in [0, 0.1) is 0 Å². The van der Waals surface area contributed by atoms with Crippen molar-refractivity contribution in [2.24, 2.45) is 0 Å². The van der Waals surface area contributed by atoms with Crippen molar-refractivity contribution in [3.8, 4) is 0 Å². The van der Waals surface area contributed by atoms with Gasteiger partial charge in [-0.2, -0.15) is 0 Å². The zero-order valence-electron chi connectivity index (χ0n) is 13.2. The van der Waals surface area contributed by atoms with Crippen LogP contribution in [-0.4, -0.2) is 50.3 Å². The Labute approximate surface area is 138 Å². The lowest BCUT2D eigenvalue weighted by Gasteiger charge is -2.28. The first-order valence-corrected chi connectivity index (χ1v) is 8.64. The summed E-state index contributed by atoms with van der Waals surface area (Å²) in [5.74, 6) is 0. The maximum Gasteiger partial charge on any atom is 0.259 e. The number of sulfonamides is 1. The molecule has 2 N–H and O–H groups in total. The highest BCUT2D eigenvalue weighted by Gasteiger charge is 2.35. The second-order valence-corrected chi connectivity index (χ2v) is 7.53. The van der Waals surface area contributed by atoms with Gasteiger partial charge in [0.25, 0.3) is 10.0 Å². The van der Waals surface area contributed by atoms with Gasteiger partial charge in [0, 0.05) is 25.9 Å². The molecule has 0 bridgehead atoms. The normalized spacial score (nSPS) is 22.0. The standard InChI is InChI=1S/C13H24N4O3S.ClH/c1-11(2)17-7-12(14-10-17)21(18,19)16-8-13(9-20-3)5-4-6-15-13;/h7,10-11,15-16H,4-6,8-9H2,1-3H3;1H. The van der Waals surface area contributed by atoms with E-state index in [1.165, 1.54) is 6.33 Å². The summed E-state index contributed by atoms with van der Waals surface area (Å²) in [6, 6.07) is 0.179. The van der Waals surface area contributed by atoms with Crippen molar-refractivity contribution >= 4 is 22.4 Å². The van der Waals surface area contributed by atoms with Gasteiger partial charge >= 0.3 is 0 Å². The quantitative estimate of drug-likeness (QED) is 0.762. The number of methoxy groups -OCH3 is 1. The van der Waals surface area contributed by atoms with Gasteiger partial charge in [0.2, 0.25) is 0 Å². The zero-order chi connectivity index (χ0) is 15.5. The predicted octanol–water partition coefficient (Wildman–Crippen LogP) is 0.933. The van der Waals surface area contributed by atoms with Gasteiger partial charge in [0.05, 0.1) is 18.5 Å². The summed E-state index contributed by atoms with van der Waals surface area (Å²) in [4.78, 5) is 3.98. The molecule has 0 amide bonds. The molecule has 2 rings (SSSR count). The van der Waals surface area contributed by atoms with E-state index in [2.05, 4.69) is 15.0 Å². The van der Waals surface area contributed by atoms with Crippen molar-refractivity contribution in [2.75, 3.05) is 26.8 Å². The molecule has 0 saturated carbocycles. The molecule has 0 spiro atoms. The highest BCUT2D eigenvalue weighted by Crippen LogP contribution is 2.20. The Hall–Kier alpha value is -0.670. The van der Waals surface area contributed by atoms with Crippen molar-refractivity contribution in [2.45, 2.75) is 43.3 Å². The lowest BCUT2D eigenvalue weighted by Crippen LogP contribution is -2.52. The highest BCUT2D eigenvalue weighted by atomic mass is 35.5. The molecule has 1 fully saturated rings. The SMILES string of the molecule is COCC1(CNS(=O)(=O)c2cn(C(C)C)cn2)CCCN1.Cl. The molecule has 0 aliphatic carbocycles. The van der Waals surface area contributed by atoms with Crippen molar-refractivity contribution in [3.63, 3.8) is 0 Å². The predicted molar refractivity (Wildman–Crippen MR) is 86.9 cm³/mol. The van der Waals surface area contributed by atoms with Gasteiger partial charge in [-0.1, -0.05) is 0 Å². The smallest absolute Gasteiger partial charge is 0.259 e. The number of ether oxygens (including phenoxy) is 1. The summed E-state index contributed by atoms with van der Waals surface area (Å²) in [7, 11) is -1.97. The number of hydrogen-bond acceptors (Lipinski definition) is 5. The van der Waals surface area contributed by atoms with Crippen LogP contribution in [0.4, 0.5) is 0 Å². The lowest BCUT2D eigenvalue weighted by atomic mass is 9.99. The largest absolute Gasteiger partial charge is 0.383 e. The van der Waals surface area contributed by atoms with Crippen LogP contribution in [0.2, 0.25) is 0 Å². The van der Waals surface area contributed by atoms with E-state index in [0.29, 0.717) is 13.2 Å². The number of rotatable bonds is 7. The molecule has 1 aromatic heterocycles. The highest BCUT2D eigenvalue weighted by molar-refractivity contribution is 7.89. The average Bonchev–Trinajstić information content (AvgIpc) is 3.07. The van der Waals surface area contributed by atoms with Crippen LogP contribution in [-0.2, 0) is 14.8 Å². The summed E-state index contributed by atoms with van der Waals surface area (Å²) >= 11 is 0. The Morgan fingerprint density at radius 3 is 2.77 bits per heavy atom. The Morgan fingerprint density at radius 1 is 1.55 bits per heavy atom. The molecule has 9 heteroatoms. The van der Waals surface area contributed by atoms with Crippen LogP contribution >= 0.6 is 12.4 Å². The number of imidazole rings is 1. The van der Waals surface area contributed by atoms with Crippen LogP contribution in [0.3, 0.4) is 0 Å². The Bertz CT molecular complexity index is 568. The first-order chi connectivity index (χ1) is 9.88. The van der Waals surface area contributed by atoms with Gasteiger partial charge in [0.1, 0.15) is 0 Å². The molecular formula is C13H25ClN4O3S. The van der Waals surface area contributed by atoms with Gasteiger partial charge in [-0.3, -0.25) is 0 Å². The molecular weight excluding hydrogens is 328 g/mol. The van der Waals surface area contributed by atoms with E-state index in [4.69, 9.17) is 4.74 Å². The number of nitrogens with zero attached hydrogens (tertiary/aromatic N) is 2. The molecule has 1 atom stereocenters. The zero-order valence-corrected chi connectivity index (χ0v) is 14.8. The van der Waals surface area contributed by atoms with Crippen molar-refractivity contribution in [1.82, 2.24) is 19.6 Å². The maximum absolute atomic E-state index is 12.3. The van der Waals surface area contributed by atoms with Crippen LogP contribution in [0.15, 0.2) is 17.6 Å². The molecule has 1 aliphatic heterocycles. The van der Waals surface area contributed by atoms with E-state index >= 15 is 0 Å². The molecule has 7 nitrogen and oxygen atoms in total. The fraction of sp³-hybridized carbons (Fsp3) is 0.769. The number of hydrogen-bond donors (Lipinski definition) is 2. The van der Waals surface area contributed by atoms with Crippen molar-refractivity contribution < 1.29 is 13.2 Å². The van der Waals surface area contributed by atoms with E-state index in [-0.39, 0.29) is 29.0 Å². The van der Waals surface area contributed by atoms with E-state index in [1.807, 2.05) is 13.8 Å². The molecule has 0 radical (unpaired) electrons. The third-order valence-corrected chi connectivity index (χ3v) is 5.09. The minimum Gasteiger partial charge on any atom is -0.383 e. The molecule has 1 saturated heterocycles. The lowest BCUT2D eigenvalue weighted by molar-refractivity contribution is 0.122. The first-order valence-electron chi connectivity index (χ1n) is 7.16. The minimum absolute atomic E-state index is 0. The van der Waals surface area contributed by atoms with E-state index in [0.717, 1.165) is 19.4 Å². The van der Waals surface area contributed by atoms with Crippen LogP contribution in [0.25, 0.3) is 0 Å². The van der Waals surface area contributed by atoms with Crippen LogP contribution < -0.4 is 10.0 Å². The molecule has 22 heavy (non-hydrogen) atoms. The summed E-state index contributed by atoms with van der Waals surface area (Å²) in [5, 5.41) is 3.40. The third-order valence-electron chi connectivity index (χ3n) is 3.80. The average molecular weight is 353 g/mol.